The summed E-state index contributed by atoms with van der Waals surface area (Å²) in [5.41, 5.74) is 10.9. The van der Waals surface area contributed by atoms with Gasteiger partial charge in [0.15, 0.2) is 5.58 Å². The van der Waals surface area contributed by atoms with Gasteiger partial charge in [0.1, 0.15) is 17.2 Å². The van der Waals surface area contributed by atoms with E-state index in [0.717, 1.165) is 83.1 Å². The van der Waals surface area contributed by atoms with Crippen molar-refractivity contribution < 1.29 is 13.2 Å². The Labute approximate surface area is 276 Å². The summed E-state index contributed by atoms with van der Waals surface area (Å²) in [6.45, 7) is 3.48. The molecule has 10 rings (SSSR count). The Balaban J connectivity index is 1.36. The zero-order chi connectivity index (χ0) is 32.3. The molecule has 0 N–H and O–H groups in total. The molecule has 0 bridgehead atoms. The molecule has 0 amide bonds. The SMILES string of the molecule is Cc1ccc(N2c3cccc4c3B(c3cc5ccccc5cc3N4c3ccc(C)c(F)c3)c3ccc4c(oc5ccccc54)c32)c(F)c1. The third kappa shape index (κ3) is 3.68. The van der Waals surface area contributed by atoms with Crippen LogP contribution in [-0.4, -0.2) is 6.71 Å². The molecule has 8 aromatic rings. The highest BCUT2D eigenvalue weighted by Gasteiger charge is 2.45. The Hall–Kier alpha value is -5.88. The van der Waals surface area contributed by atoms with Crippen LogP contribution in [0, 0.1) is 25.5 Å². The summed E-state index contributed by atoms with van der Waals surface area (Å²) in [6, 6.07) is 42.1. The Bertz CT molecular complexity index is 2660. The average molecular weight is 624 g/mol. The van der Waals surface area contributed by atoms with E-state index >= 15 is 8.78 Å². The number of furan rings is 1. The van der Waals surface area contributed by atoms with E-state index in [1.165, 1.54) is 0 Å². The van der Waals surface area contributed by atoms with Gasteiger partial charge >= 0.3 is 0 Å². The second-order valence-corrected chi connectivity index (χ2v) is 12.9. The predicted octanol–water partition coefficient (Wildman–Crippen LogP) is 9.72. The zero-order valence-corrected chi connectivity index (χ0v) is 26.3. The molecule has 3 heterocycles. The van der Waals surface area contributed by atoms with Crippen LogP contribution in [0.4, 0.5) is 42.9 Å². The molecule has 228 valence electrons. The summed E-state index contributed by atoms with van der Waals surface area (Å²) in [5, 5.41) is 4.21. The fraction of sp³-hybridized carbons (Fsp3) is 0.0476. The number of rotatable bonds is 2. The summed E-state index contributed by atoms with van der Waals surface area (Å²) >= 11 is 0. The largest absolute Gasteiger partial charge is 0.454 e. The van der Waals surface area contributed by atoms with Crippen LogP contribution in [0.5, 0.6) is 0 Å². The molecule has 7 aromatic carbocycles. The molecule has 0 fully saturated rings. The summed E-state index contributed by atoms with van der Waals surface area (Å²) in [4.78, 5) is 4.19. The van der Waals surface area contributed by atoms with E-state index in [0.29, 0.717) is 11.3 Å². The highest BCUT2D eigenvalue weighted by molar-refractivity contribution is 7.00. The first-order valence-electron chi connectivity index (χ1n) is 16.2. The van der Waals surface area contributed by atoms with Crippen LogP contribution in [0.1, 0.15) is 11.1 Å². The maximum absolute atomic E-state index is 16.2. The van der Waals surface area contributed by atoms with Crippen molar-refractivity contribution in [2.24, 2.45) is 0 Å². The van der Waals surface area contributed by atoms with Gasteiger partial charge in [-0.25, -0.2) is 8.78 Å². The second kappa shape index (κ2) is 9.82. The fourth-order valence-electron chi connectivity index (χ4n) is 7.92. The van der Waals surface area contributed by atoms with Crippen LogP contribution < -0.4 is 26.2 Å². The molecule has 0 saturated heterocycles. The first-order valence-corrected chi connectivity index (χ1v) is 16.2. The molecule has 3 nitrogen and oxygen atoms in total. The van der Waals surface area contributed by atoms with E-state index in [4.69, 9.17) is 4.42 Å². The molecule has 1 aromatic heterocycles. The molecular formula is C42H27BF2N2O. The molecule has 6 heteroatoms. The Morgan fingerprint density at radius 2 is 1.33 bits per heavy atom. The highest BCUT2D eigenvalue weighted by Crippen LogP contribution is 2.48. The number of hydrogen-bond acceptors (Lipinski definition) is 3. The van der Waals surface area contributed by atoms with Gasteiger partial charge in [0, 0.05) is 33.5 Å². The van der Waals surface area contributed by atoms with Gasteiger partial charge < -0.3 is 14.2 Å². The van der Waals surface area contributed by atoms with Gasteiger partial charge in [-0.05, 0) is 101 Å². The average Bonchev–Trinajstić information content (AvgIpc) is 3.48. The molecule has 2 aliphatic rings. The Kier molecular flexibility index (Phi) is 5.57. The van der Waals surface area contributed by atoms with Crippen LogP contribution in [0.3, 0.4) is 0 Å². The lowest BCUT2D eigenvalue weighted by molar-refractivity contribution is 0.619. The number of aryl methyl sites for hydroxylation is 2. The van der Waals surface area contributed by atoms with Crippen molar-refractivity contribution in [2.75, 3.05) is 9.80 Å². The minimum atomic E-state index is -0.315. The molecule has 0 aliphatic carbocycles. The van der Waals surface area contributed by atoms with Gasteiger partial charge in [0.2, 0.25) is 0 Å². The number of hydrogen-bond donors (Lipinski definition) is 0. The molecule has 0 saturated carbocycles. The Morgan fingerprint density at radius 1 is 0.562 bits per heavy atom. The first kappa shape index (κ1) is 27.3. The van der Waals surface area contributed by atoms with E-state index < -0.39 is 0 Å². The van der Waals surface area contributed by atoms with Crippen LogP contribution in [0.2, 0.25) is 0 Å². The van der Waals surface area contributed by atoms with Gasteiger partial charge in [-0.2, -0.15) is 0 Å². The number of para-hydroxylation sites is 1. The summed E-state index contributed by atoms with van der Waals surface area (Å²) in [5.74, 6) is -0.576. The third-order valence-corrected chi connectivity index (χ3v) is 10.1. The monoisotopic (exact) mass is 624 g/mol. The van der Waals surface area contributed by atoms with E-state index in [-0.39, 0.29) is 18.3 Å². The van der Waals surface area contributed by atoms with Gasteiger partial charge in [0.05, 0.1) is 11.4 Å². The minimum absolute atomic E-state index is 0.195. The van der Waals surface area contributed by atoms with Crippen molar-refractivity contribution in [1.29, 1.82) is 0 Å². The van der Waals surface area contributed by atoms with Gasteiger partial charge in [0.25, 0.3) is 6.71 Å². The number of nitrogens with zero attached hydrogens (tertiary/aromatic N) is 2. The molecule has 2 aliphatic heterocycles. The van der Waals surface area contributed by atoms with Gasteiger partial charge in [-0.3, -0.25) is 0 Å². The maximum Gasteiger partial charge on any atom is 0.252 e. The van der Waals surface area contributed by atoms with E-state index in [1.807, 2.05) is 66.4 Å². The zero-order valence-electron chi connectivity index (χ0n) is 26.3. The topological polar surface area (TPSA) is 19.6 Å². The third-order valence-electron chi connectivity index (χ3n) is 10.1. The van der Waals surface area contributed by atoms with E-state index in [1.54, 1.807) is 19.1 Å². The molecular weight excluding hydrogens is 597 g/mol. The molecule has 0 spiro atoms. The highest BCUT2D eigenvalue weighted by atomic mass is 19.1. The van der Waals surface area contributed by atoms with Crippen LogP contribution in [0.25, 0.3) is 32.7 Å². The van der Waals surface area contributed by atoms with E-state index in [2.05, 4.69) is 65.6 Å². The number of fused-ring (bicyclic) bond motifs is 9. The van der Waals surface area contributed by atoms with Gasteiger partial charge in [-0.1, -0.05) is 78.9 Å². The first-order chi connectivity index (χ1) is 23.5. The molecule has 0 unspecified atom stereocenters. The van der Waals surface area contributed by atoms with Crippen molar-refractivity contribution in [3.63, 3.8) is 0 Å². The van der Waals surface area contributed by atoms with Crippen molar-refractivity contribution >= 4 is 89.9 Å². The Morgan fingerprint density at radius 3 is 2.15 bits per heavy atom. The lowest BCUT2D eigenvalue weighted by atomic mass is 9.33. The van der Waals surface area contributed by atoms with Crippen molar-refractivity contribution in [3.05, 3.63) is 150 Å². The molecule has 48 heavy (non-hydrogen) atoms. The number of benzene rings is 7. The quantitative estimate of drug-likeness (QED) is 0.179. The smallest absolute Gasteiger partial charge is 0.252 e. The van der Waals surface area contributed by atoms with Gasteiger partial charge in [-0.15, -0.1) is 0 Å². The van der Waals surface area contributed by atoms with Crippen LogP contribution in [-0.2, 0) is 0 Å². The van der Waals surface area contributed by atoms with E-state index in [9.17, 15) is 0 Å². The van der Waals surface area contributed by atoms with Crippen molar-refractivity contribution in [3.8, 4) is 0 Å². The molecule has 0 atom stereocenters. The normalized spacial score (nSPS) is 13.3. The summed E-state index contributed by atoms with van der Waals surface area (Å²) < 4.78 is 38.2. The minimum Gasteiger partial charge on any atom is -0.454 e. The van der Waals surface area contributed by atoms with Crippen molar-refractivity contribution in [1.82, 2.24) is 0 Å². The molecule has 0 radical (unpaired) electrons. The lowest BCUT2D eigenvalue weighted by Gasteiger charge is -2.44. The van der Waals surface area contributed by atoms with Crippen LogP contribution >= 0.6 is 0 Å². The summed E-state index contributed by atoms with van der Waals surface area (Å²) in [7, 11) is 0. The van der Waals surface area contributed by atoms with Crippen LogP contribution in [0.15, 0.2) is 132 Å². The lowest BCUT2D eigenvalue weighted by Crippen LogP contribution is -2.61. The maximum atomic E-state index is 16.2. The summed E-state index contributed by atoms with van der Waals surface area (Å²) in [6.07, 6.45) is 0. The number of halogens is 2. The van der Waals surface area contributed by atoms with Crippen molar-refractivity contribution in [2.45, 2.75) is 13.8 Å². The second-order valence-electron chi connectivity index (χ2n) is 12.9. The number of anilines is 6. The standard InChI is InChI=1S/C42H27BF2N2O/c1-24-14-19-35(34(45)20-24)47-37-12-7-11-36-40(37)43(31-18-17-30-29-10-5-6-13-39(29)48-42(30)41(31)47)32-21-26-8-3-4-9-27(26)22-38(32)46(36)28-16-15-25(2)33(44)23-28/h3-23H,1-2H3. The predicted molar refractivity (Wildman–Crippen MR) is 195 cm³/mol. The fourth-order valence-corrected chi connectivity index (χ4v) is 7.92.